The molecule has 0 fully saturated rings. The first-order chi connectivity index (χ1) is 17.5. The van der Waals surface area contributed by atoms with Gasteiger partial charge in [0, 0.05) is 41.2 Å². The molecule has 1 amide bonds. The minimum Gasteiger partial charge on any atom is -0.760 e. The molecule has 0 radical (unpaired) electrons. The lowest BCUT2D eigenvalue weighted by atomic mass is 10.0. The van der Waals surface area contributed by atoms with Crippen molar-refractivity contribution in [1.82, 2.24) is 24.5 Å². The highest BCUT2D eigenvalue weighted by Crippen LogP contribution is 2.37. The first kappa shape index (κ1) is 26.1. The molecule has 37 heavy (non-hydrogen) atoms. The Hall–Kier alpha value is -3.94. The molecule has 0 aliphatic carbocycles. The van der Waals surface area contributed by atoms with Crippen LogP contribution in [0.5, 0.6) is 0 Å². The van der Waals surface area contributed by atoms with E-state index in [0.29, 0.717) is 11.3 Å². The Kier molecular flexibility index (Phi) is 7.47. The Balaban J connectivity index is 1.72. The smallest absolute Gasteiger partial charge is 0.417 e. The molecule has 0 aliphatic heterocycles. The summed E-state index contributed by atoms with van der Waals surface area (Å²) in [4.78, 5) is 21.7. The topological polar surface area (TPSA) is 125 Å². The molecule has 0 saturated heterocycles. The number of hydrogen-bond acceptors (Lipinski definition) is 6. The lowest BCUT2D eigenvalue weighted by Gasteiger charge is -2.17. The van der Waals surface area contributed by atoms with E-state index in [2.05, 4.69) is 25.1 Å². The number of nitrogens with zero attached hydrogens (tertiary/aromatic N) is 4. The fourth-order valence-corrected chi connectivity index (χ4v) is 4.00. The number of aromatic nitrogens is 4. The third-order valence-corrected chi connectivity index (χ3v) is 5.89. The van der Waals surface area contributed by atoms with Gasteiger partial charge in [-0.25, -0.2) is 14.7 Å². The van der Waals surface area contributed by atoms with Crippen molar-refractivity contribution in [2.75, 3.05) is 5.32 Å². The molecule has 2 aromatic heterocycles. The number of hydrogen-bond donors (Lipinski definition) is 2. The Morgan fingerprint density at radius 1 is 1.14 bits per heavy atom. The van der Waals surface area contributed by atoms with E-state index >= 15 is 0 Å². The maximum absolute atomic E-state index is 13.6. The molecule has 2 atom stereocenters. The Bertz CT molecular complexity index is 1460. The van der Waals surface area contributed by atoms with Crippen LogP contribution in [0.4, 0.5) is 18.9 Å². The number of rotatable bonds is 7. The molecule has 2 unspecified atom stereocenters. The summed E-state index contributed by atoms with van der Waals surface area (Å²) >= 11 is -2.55. The van der Waals surface area contributed by atoms with Crippen LogP contribution in [0, 0.1) is 0 Å². The monoisotopic (exact) mass is 529 g/mol. The van der Waals surface area contributed by atoms with E-state index in [1.54, 1.807) is 44.3 Å². The van der Waals surface area contributed by atoms with Gasteiger partial charge >= 0.3 is 6.18 Å². The van der Waals surface area contributed by atoms with Gasteiger partial charge in [-0.1, -0.05) is 30.3 Å². The summed E-state index contributed by atoms with van der Waals surface area (Å²) in [6.07, 6.45) is -1.83. The second kappa shape index (κ2) is 10.6. The van der Waals surface area contributed by atoms with Crippen molar-refractivity contribution in [3.05, 3.63) is 83.9 Å². The molecule has 192 valence electrons. The number of nitrogens with one attached hydrogen (secondary N) is 2. The van der Waals surface area contributed by atoms with Gasteiger partial charge in [0.15, 0.2) is 0 Å². The van der Waals surface area contributed by atoms with Crippen molar-refractivity contribution in [3.63, 3.8) is 0 Å². The standard InChI is InChI=1S/C24H21F3N6O3S/c1-14(32-37(35)36)22-28-13-20(21(30-22)15-6-4-3-5-7-15)29-23(34)16-8-9-18(24(25,26)27)17(12-16)19-10-11-33(2)31-19/h3-14,32H,1-2H3,(H,29,34)(H,35,36)/p-1. The van der Waals surface area contributed by atoms with Crippen molar-refractivity contribution in [3.8, 4) is 22.5 Å². The molecular weight excluding hydrogens is 509 g/mol. The lowest BCUT2D eigenvalue weighted by Crippen LogP contribution is -2.23. The maximum Gasteiger partial charge on any atom is 0.417 e. The van der Waals surface area contributed by atoms with Crippen molar-refractivity contribution >= 4 is 22.9 Å². The van der Waals surface area contributed by atoms with E-state index in [-0.39, 0.29) is 28.3 Å². The van der Waals surface area contributed by atoms with Gasteiger partial charge < -0.3 is 9.87 Å². The molecule has 4 aromatic rings. The first-order valence-electron chi connectivity index (χ1n) is 10.8. The summed E-state index contributed by atoms with van der Waals surface area (Å²) in [7, 11) is 1.58. The predicted molar refractivity (Wildman–Crippen MR) is 130 cm³/mol. The van der Waals surface area contributed by atoms with E-state index in [1.165, 1.54) is 23.1 Å². The fraction of sp³-hybridized carbons (Fsp3) is 0.167. The molecule has 0 spiro atoms. The maximum atomic E-state index is 13.6. The van der Waals surface area contributed by atoms with Gasteiger partial charge in [-0.3, -0.25) is 13.7 Å². The molecule has 9 nitrogen and oxygen atoms in total. The van der Waals surface area contributed by atoms with Crippen molar-refractivity contribution < 1.29 is 26.7 Å². The number of carbonyl (C=O) groups excluding carboxylic acids is 1. The number of amides is 1. The number of alkyl halides is 3. The van der Waals surface area contributed by atoms with Crippen LogP contribution in [0.2, 0.25) is 0 Å². The molecule has 13 heteroatoms. The second-order valence-corrected chi connectivity index (χ2v) is 8.72. The van der Waals surface area contributed by atoms with E-state index in [9.17, 15) is 26.7 Å². The van der Waals surface area contributed by atoms with Crippen molar-refractivity contribution in [1.29, 1.82) is 0 Å². The highest BCUT2D eigenvalue weighted by molar-refractivity contribution is 7.77. The summed E-state index contributed by atoms with van der Waals surface area (Å²) in [5.74, 6) is -0.528. The third kappa shape index (κ3) is 6.07. The zero-order valence-electron chi connectivity index (χ0n) is 19.5. The van der Waals surface area contributed by atoms with Gasteiger partial charge in [0.05, 0.1) is 34.9 Å². The Labute approximate surface area is 212 Å². The van der Waals surface area contributed by atoms with Crippen LogP contribution in [0.3, 0.4) is 0 Å². The number of benzene rings is 2. The number of carbonyl (C=O) groups is 1. The summed E-state index contributed by atoms with van der Waals surface area (Å²) in [5, 5.41) is 6.72. The van der Waals surface area contributed by atoms with Crippen molar-refractivity contribution in [2.24, 2.45) is 7.05 Å². The quantitative estimate of drug-likeness (QED) is 0.345. The summed E-state index contributed by atoms with van der Waals surface area (Å²) < 4.78 is 66.6. The molecule has 2 N–H and O–H groups in total. The van der Waals surface area contributed by atoms with E-state index in [0.717, 1.165) is 18.2 Å². The zero-order valence-corrected chi connectivity index (χ0v) is 20.3. The van der Waals surface area contributed by atoms with Crippen LogP contribution in [-0.4, -0.2) is 34.4 Å². The normalized spacial score (nSPS) is 13.2. The molecule has 2 heterocycles. The lowest BCUT2D eigenvalue weighted by molar-refractivity contribution is -0.137. The summed E-state index contributed by atoms with van der Waals surface area (Å²) in [6, 6.07) is 12.5. The van der Waals surface area contributed by atoms with Crippen LogP contribution >= 0.6 is 0 Å². The molecule has 0 aliphatic rings. The van der Waals surface area contributed by atoms with Gasteiger partial charge in [-0.2, -0.15) is 18.3 Å². The summed E-state index contributed by atoms with van der Waals surface area (Å²) in [5.41, 5.74) is -0.0129. The van der Waals surface area contributed by atoms with E-state index in [1.807, 2.05) is 0 Å². The summed E-state index contributed by atoms with van der Waals surface area (Å²) in [6.45, 7) is 1.56. The van der Waals surface area contributed by atoms with Gasteiger partial charge in [-0.05, 0) is 31.2 Å². The average molecular weight is 530 g/mol. The second-order valence-electron chi connectivity index (χ2n) is 8.02. The van der Waals surface area contributed by atoms with Gasteiger partial charge in [-0.15, -0.1) is 0 Å². The molecule has 2 aromatic carbocycles. The molecule has 0 saturated carbocycles. The molecule has 4 rings (SSSR count). The van der Waals surface area contributed by atoms with E-state index < -0.39 is 35.0 Å². The van der Waals surface area contributed by atoms with Crippen LogP contribution in [0.15, 0.2) is 67.0 Å². The van der Waals surface area contributed by atoms with Gasteiger partial charge in [0.25, 0.3) is 5.91 Å². The minimum absolute atomic E-state index is 0.0338. The minimum atomic E-state index is -4.65. The highest BCUT2D eigenvalue weighted by atomic mass is 32.2. The van der Waals surface area contributed by atoms with Gasteiger partial charge in [0.1, 0.15) is 5.82 Å². The van der Waals surface area contributed by atoms with Crippen LogP contribution in [0.1, 0.15) is 34.7 Å². The highest BCUT2D eigenvalue weighted by Gasteiger charge is 2.34. The van der Waals surface area contributed by atoms with Crippen LogP contribution < -0.4 is 10.0 Å². The largest absolute Gasteiger partial charge is 0.760 e. The Morgan fingerprint density at radius 2 is 1.86 bits per heavy atom. The number of aryl methyl sites for hydroxylation is 1. The number of halogens is 3. The molecular formula is C24H20F3N6O3S-. The Morgan fingerprint density at radius 3 is 2.49 bits per heavy atom. The fourth-order valence-electron chi connectivity index (χ4n) is 3.61. The zero-order chi connectivity index (χ0) is 26.7. The van der Waals surface area contributed by atoms with Crippen LogP contribution in [0.25, 0.3) is 22.5 Å². The SMILES string of the molecule is CC(NS(=O)[O-])c1ncc(NC(=O)c2ccc(C(F)(F)F)c(-c3ccn(C)n3)c2)c(-c2ccccc2)n1. The molecule has 0 bridgehead atoms. The van der Waals surface area contributed by atoms with Crippen molar-refractivity contribution in [2.45, 2.75) is 19.1 Å². The van der Waals surface area contributed by atoms with Gasteiger partial charge in [0.2, 0.25) is 0 Å². The van der Waals surface area contributed by atoms with Crippen LogP contribution in [-0.2, 0) is 24.5 Å². The first-order valence-corrected chi connectivity index (χ1v) is 11.9. The number of anilines is 1. The predicted octanol–water partition coefficient (Wildman–Crippen LogP) is 4.26. The van der Waals surface area contributed by atoms with E-state index in [4.69, 9.17) is 0 Å². The third-order valence-electron chi connectivity index (χ3n) is 5.34. The average Bonchev–Trinajstić information content (AvgIpc) is 3.29.